The van der Waals surface area contributed by atoms with Crippen LogP contribution >= 0.6 is 23.1 Å². The van der Waals surface area contributed by atoms with Crippen molar-refractivity contribution in [1.29, 1.82) is 0 Å². The molecule has 18 heavy (non-hydrogen) atoms. The number of nitrogens with zero attached hydrogens (tertiary/aromatic N) is 4. The summed E-state index contributed by atoms with van der Waals surface area (Å²) in [6.07, 6.45) is 0. The first-order valence-corrected chi connectivity index (χ1v) is 6.93. The number of rotatable bonds is 4. The molecule has 2 aromatic heterocycles. The lowest BCUT2D eigenvalue weighted by Gasteiger charge is -1.97. The van der Waals surface area contributed by atoms with Crippen molar-refractivity contribution in [1.82, 2.24) is 19.8 Å². The van der Waals surface area contributed by atoms with Gasteiger partial charge in [0.05, 0.1) is 12.4 Å². The minimum Gasteiger partial charge on any atom is -0.465 e. The molecule has 0 saturated heterocycles. The minimum atomic E-state index is -0.309. The zero-order valence-corrected chi connectivity index (χ0v) is 11.4. The topological polar surface area (TPSA) is 86.5 Å². The predicted octanol–water partition coefficient (Wildman–Crippen LogP) is 0.510. The number of hydrogen-bond donors (Lipinski definition) is 0. The van der Waals surface area contributed by atoms with Crippen molar-refractivity contribution in [2.45, 2.75) is 18.2 Å². The Morgan fingerprint density at radius 3 is 3.00 bits per heavy atom. The van der Waals surface area contributed by atoms with Crippen LogP contribution in [0.5, 0.6) is 0 Å². The van der Waals surface area contributed by atoms with Gasteiger partial charge < -0.3 is 4.74 Å². The largest absolute Gasteiger partial charge is 0.465 e. The van der Waals surface area contributed by atoms with Gasteiger partial charge in [-0.3, -0.25) is 9.59 Å². The van der Waals surface area contributed by atoms with Crippen LogP contribution in [0.2, 0.25) is 0 Å². The predicted molar refractivity (Wildman–Crippen MR) is 67.0 cm³/mol. The zero-order chi connectivity index (χ0) is 13.1. The second-order valence-electron chi connectivity index (χ2n) is 3.25. The maximum Gasteiger partial charge on any atom is 0.316 e. The molecular formula is C9H10N4O3S2. The molecule has 0 spiro atoms. The molecule has 96 valence electrons. The van der Waals surface area contributed by atoms with E-state index in [2.05, 4.69) is 15.3 Å². The summed E-state index contributed by atoms with van der Waals surface area (Å²) >= 11 is 2.43. The van der Waals surface area contributed by atoms with Gasteiger partial charge in [0.1, 0.15) is 5.69 Å². The van der Waals surface area contributed by atoms with Crippen LogP contribution in [-0.4, -0.2) is 38.1 Å². The fraction of sp³-hybridized carbons (Fsp3) is 0.444. The summed E-state index contributed by atoms with van der Waals surface area (Å²) in [6, 6.07) is 0. The van der Waals surface area contributed by atoms with Crippen LogP contribution in [0, 0.1) is 6.92 Å². The zero-order valence-electron chi connectivity index (χ0n) is 9.74. The van der Waals surface area contributed by atoms with Crippen molar-refractivity contribution >= 4 is 34.0 Å². The quantitative estimate of drug-likeness (QED) is 0.598. The molecule has 2 heterocycles. The molecule has 0 N–H and O–H groups in total. The van der Waals surface area contributed by atoms with Crippen molar-refractivity contribution in [2.75, 3.05) is 12.4 Å². The van der Waals surface area contributed by atoms with Crippen LogP contribution in [0.1, 0.15) is 12.6 Å². The summed E-state index contributed by atoms with van der Waals surface area (Å²) in [5.41, 5.74) is -0.000947. The Morgan fingerprint density at radius 1 is 1.50 bits per heavy atom. The average molecular weight is 286 g/mol. The third-order valence-electron chi connectivity index (χ3n) is 1.95. The molecule has 0 saturated carbocycles. The van der Waals surface area contributed by atoms with Gasteiger partial charge in [0.2, 0.25) is 4.96 Å². The summed E-state index contributed by atoms with van der Waals surface area (Å²) in [7, 11) is 0. The van der Waals surface area contributed by atoms with Gasteiger partial charge >= 0.3 is 5.97 Å². The summed E-state index contributed by atoms with van der Waals surface area (Å²) in [5.74, 6) is -0.147. The van der Waals surface area contributed by atoms with Crippen LogP contribution in [0.4, 0.5) is 0 Å². The average Bonchev–Trinajstić information content (AvgIpc) is 2.76. The van der Waals surface area contributed by atoms with E-state index in [-0.39, 0.29) is 17.3 Å². The van der Waals surface area contributed by atoms with Crippen molar-refractivity contribution in [2.24, 2.45) is 0 Å². The molecule has 0 bridgehead atoms. The maximum absolute atomic E-state index is 11.7. The summed E-state index contributed by atoms with van der Waals surface area (Å²) in [5, 5.41) is 11.7. The highest BCUT2D eigenvalue weighted by Gasteiger charge is 2.11. The Bertz CT molecular complexity index is 636. The van der Waals surface area contributed by atoms with E-state index in [4.69, 9.17) is 4.74 Å². The normalized spacial score (nSPS) is 10.8. The Labute approximate surface area is 110 Å². The fourth-order valence-corrected chi connectivity index (χ4v) is 2.83. The Kier molecular flexibility index (Phi) is 3.92. The number of ether oxygens (including phenoxy) is 1. The van der Waals surface area contributed by atoms with E-state index in [1.54, 1.807) is 13.8 Å². The number of hydrogen-bond acceptors (Lipinski definition) is 8. The Balaban J connectivity index is 2.18. The van der Waals surface area contributed by atoms with Crippen molar-refractivity contribution in [3.63, 3.8) is 0 Å². The Morgan fingerprint density at radius 2 is 2.28 bits per heavy atom. The summed E-state index contributed by atoms with van der Waals surface area (Å²) in [4.78, 5) is 23.3. The van der Waals surface area contributed by atoms with E-state index in [1.807, 2.05) is 0 Å². The van der Waals surface area contributed by atoms with Crippen LogP contribution in [-0.2, 0) is 9.53 Å². The SMILES string of the molecule is CCOC(=O)CSc1nn2c(=O)c(C)nnc2s1. The number of carbonyl (C=O) groups is 1. The summed E-state index contributed by atoms with van der Waals surface area (Å²) < 4.78 is 6.58. The fourth-order valence-electron chi connectivity index (χ4n) is 1.16. The Hall–Kier alpha value is -1.48. The number of fused-ring (bicyclic) bond motifs is 1. The van der Waals surface area contributed by atoms with Crippen molar-refractivity contribution in [3.8, 4) is 0 Å². The van der Waals surface area contributed by atoms with Gasteiger partial charge in [0.25, 0.3) is 5.56 Å². The monoisotopic (exact) mass is 286 g/mol. The molecule has 7 nitrogen and oxygen atoms in total. The highest BCUT2D eigenvalue weighted by Crippen LogP contribution is 2.22. The first kappa shape index (κ1) is 13.0. The standard InChI is InChI=1S/C9H10N4O3S2/c1-3-16-6(14)4-17-9-12-13-7(15)5(2)10-11-8(13)18-9/h3-4H2,1-2H3. The molecule has 9 heteroatoms. The van der Waals surface area contributed by atoms with Crippen LogP contribution in [0.15, 0.2) is 9.13 Å². The molecule has 0 aliphatic rings. The van der Waals surface area contributed by atoms with Gasteiger partial charge in [0.15, 0.2) is 4.34 Å². The molecular weight excluding hydrogens is 276 g/mol. The lowest BCUT2D eigenvalue weighted by Crippen LogP contribution is -2.19. The van der Waals surface area contributed by atoms with E-state index in [1.165, 1.54) is 27.6 Å². The second-order valence-corrected chi connectivity index (χ2v) is 5.43. The van der Waals surface area contributed by atoms with E-state index in [9.17, 15) is 9.59 Å². The number of thioether (sulfide) groups is 1. The van der Waals surface area contributed by atoms with Crippen LogP contribution in [0.3, 0.4) is 0 Å². The molecule has 0 aliphatic heterocycles. The van der Waals surface area contributed by atoms with Gasteiger partial charge in [-0.15, -0.1) is 15.3 Å². The number of esters is 1. The lowest BCUT2D eigenvalue weighted by molar-refractivity contribution is -0.139. The molecule has 0 fully saturated rings. The molecule has 0 aliphatic carbocycles. The highest BCUT2D eigenvalue weighted by atomic mass is 32.2. The third kappa shape index (κ3) is 2.67. The van der Waals surface area contributed by atoms with E-state index < -0.39 is 0 Å². The summed E-state index contributed by atoms with van der Waals surface area (Å²) in [6.45, 7) is 3.67. The number of carbonyl (C=O) groups excluding carboxylic acids is 1. The van der Waals surface area contributed by atoms with Gasteiger partial charge in [0, 0.05) is 0 Å². The van der Waals surface area contributed by atoms with Crippen LogP contribution in [0.25, 0.3) is 4.96 Å². The first-order valence-electron chi connectivity index (χ1n) is 5.13. The molecule has 2 rings (SSSR count). The lowest BCUT2D eigenvalue weighted by atomic mass is 10.5. The smallest absolute Gasteiger partial charge is 0.316 e. The van der Waals surface area contributed by atoms with Gasteiger partial charge in [-0.2, -0.15) is 4.52 Å². The molecule has 0 aromatic carbocycles. The van der Waals surface area contributed by atoms with Gasteiger partial charge in [-0.05, 0) is 13.8 Å². The van der Waals surface area contributed by atoms with E-state index in [0.29, 0.717) is 21.6 Å². The maximum atomic E-state index is 11.7. The van der Waals surface area contributed by atoms with Gasteiger partial charge in [-0.25, -0.2) is 0 Å². The third-order valence-corrected chi connectivity index (χ3v) is 3.95. The van der Waals surface area contributed by atoms with Crippen molar-refractivity contribution in [3.05, 3.63) is 16.0 Å². The van der Waals surface area contributed by atoms with Crippen LogP contribution < -0.4 is 5.56 Å². The van der Waals surface area contributed by atoms with Gasteiger partial charge in [-0.1, -0.05) is 23.1 Å². The molecule has 2 aromatic rings. The van der Waals surface area contributed by atoms with E-state index in [0.717, 1.165) is 0 Å². The molecule has 0 atom stereocenters. The highest BCUT2D eigenvalue weighted by molar-refractivity contribution is 8.01. The van der Waals surface area contributed by atoms with E-state index >= 15 is 0 Å². The number of aromatic nitrogens is 4. The minimum absolute atomic E-state index is 0.162. The molecule has 0 radical (unpaired) electrons. The number of aryl methyl sites for hydroxylation is 1. The van der Waals surface area contributed by atoms with Crippen molar-refractivity contribution < 1.29 is 9.53 Å². The first-order chi connectivity index (χ1) is 8.61. The molecule has 0 amide bonds. The second kappa shape index (κ2) is 5.44. The molecule has 0 unspecified atom stereocenters.